The molecule has 2 fully saturated rings. The minimum Gasteiger partial charge on any atom is -0.379 e. The number of fused-ring (bicyclic) bond motifs is 1. The van der Waals surface area contributed by atoms with E-state index in [1.807, 2.05) is 22.9 Å². The Morgan fingerprint density at radius 1 is 0.926 bits per heavy atom. The highest BCUT2D eigenvalue weighted by Crippen LogP contribution is 2.43. The second kappa shape index (κ2) is 7.38. The van der Waals surface area contributed by atoms with Gasteiger partial charge in [-0.15, -0.1) is 5.10 Å². The van der Waals surface area contributed by atoms with E-state index in [0.29, 0.717) is 5.92 Å². The first-order chi connectivity index (χ1) is 13.4. The molecule has 0 amide bonds. The summed E-state index contributed by atoms with van der Waals surface area (Å²) in [5.74, 6) is 0.315. The van der Waals surface area contributed by atoms with Crippen molar-refractivity contribution in [3.05, 3.63) is 60.2 Å². The molecule has 6 nitrogen and oxygen atoms in total. The van der Waals surface area contributed by atoms with Gasteiger partial charge in [-0.3, -0.25) is 4.90 Å². The summed E-state index contributed by atoms with van der Waals surface area (Å²) in [7, 11) is 0. The quantitative estimate of drug-likeness (QED) is 0.712. The smallest absolute Gasteiger partial charge is 0.157 e. The molecule has 0 saturated carbocycles. The third-order valence-corrected chi connectivity index (χ3v) is 5.71. The number of hydrogen-bond acceptors (Lipinski definition) is 5. The van der Waals surface area contributed by atoms with Crippen molar-refractivity contribution in [3.8, 4) is 0 Å². The van der Waals surface area contributed by atoms with Gasteiger partial charge < -0.3 is 9.47 Å². The highest BCUT2D eigenvalue weighted by Gasteiger charge is 2.41. The van der Waals surface area contributed by atoms with Gasteiger partial charge in [-0.05, 0) is 24.1 Å². The summed E-state index contributed by atoms with van der Waals surface area (Å²) >= 11 is 0. The van der Waals surface area contributed by atoms with Crippen molar-refractivity contribution in [2.75, 3.05) is 32.9 Å². The van der Waals surface area contributed by atoms with Crippen LogP contribution in [0.4, 0.5) is 0 Å². The number of para-hydroxylation sites is 1. The molecule has 0 radical (unpaired) electrons. The molecular weight excluding hydrogens is 340 g/mol. The van der Waals surface area contributed by atoms with Crippen molar-refractivity contribution >= 4 is 11.0 Å². The standard InChI is InChI=1S/C21H24N4O2/c1-2-6-16(7-3-1)20(24-11-14-26-15-12-24)17-10-13-27-21(17)25-19-9-5-4-8-18(19)22-23-25/h1-9,17,20-21H,10-15H2/t17-,20+,21-/m1/s1. The van der Waals surface area contributed by atoms with Crippen molar-refractivity contribution in [2.45, 2.75) is 18.7 Å². The Morgan fingerprint density at radius 2 is 1.70 bits per heavy atom. The normalized spacial score (nSPS) is 25.0. The average Bonchev–Trinajstić information content (AvgIpc) is 3.37. The molecule has 140 valence electrons. The molecule has 0 spiro atoms. The van der Waals surface area contributed by atoms with Gasteiger partial charge in [0.15, 0.2) is 6.23 Å². The molecule has 2 saturated heterocycles. The Balaban J connectivity index is 1.54. The summed E-state index contributed by atoms with van der Waals surface area (Å²) < 4.78 is 13.8. The zero-order valence-electron chi connectivity index (χ0n) is 15.3. The fourth-order valence-corrected chi connectivity index (χ4v) is 4.47. The summed E-state index contributed by atoms with van der Waals surface area (Å²) in [6.07, 6.45) is 0.904. The van der Waals surface area contributed by atoms with E-state index in [9.17, 15) is 0 Å². The van der Waals surface area contributed by atoms with Crippen LogP contribution in [-0.2, 0) is 9.47 Å². The largest absolute Gasteiger partial charge is 0.379 e. The number of rotatable bonds is 4. The molecule has 3 aromatic rings. The van der Waals surface area contributed by atoms with Crippen LogP contribution in [0, 0.1) is 5.92 Å². The number of ether oxygens (including phenoxy) is 2. The summed E-state index contributed by atoms with van der Waals surface area (Å²) in [4.78, 5) is 2.55. The number of benzene rings is 2. The van der Waals surface area contributed by atoms with Gasteiger partial charge in [0.25, 0.3) is 0 Å². The topological polar surface area (TPSA) is 52.4 Å². The highest BCUT2D eigenvalue weighted by atomic mass is 16.5. The van der Waals surface area contributed by atoms with E-state index >= 15 is 0 Å². The van der Waals surface area contributed by atoms with E-state index in [2.05, 4.69) is 51.6 Å². The molecule has 6 heteroatoms. The van der Waals surface area contributed by atoms with Crippen LogP contribution in [0.3, 0.4) is 0 Å². The van der Waals surface area contributed by atoms with Crippen molar-refractivity contribution in [3.63, 3.8) is 0 Å². The first kappa shape index (κ1) is 16.9. The van der Waals surface area contributed by atoms with E-state index in [1.54, 1.807) is 0 Å². The van der Waals surface area contributed by atoms with Gasteiger partial charge in [-0.2, -0.15) is 0 Å². The molecule has 3 heterocycles. The Bertz CT molecular complexity index is 891. The van der Waals surface area contributed by atoms with Gasteiger partial charge >= 0.3 is 0 Å². The SMILES string of the molecule is c1ccc([C@@H]([C@H]2CCO[C@H]2n2nnc3ccccc32)N2CCOCC2)cc1. The first-order valence-electron chi connectivity index (χ1n) is 9.70. The van der Waals surface area contributed by atoms with Crippen LogP contribution in [0.1, 0.15) is 24.3 Å². The monoisotopic (exact) mass is 364 g/mol. The summed E-state index contributed by atoms with van der Waals surface area (Å²) in [6.45, 7) is 4.21. The van der Waals surface area contributed by atoms with Crippen LogP contribution in [0.25, 0.3) is 11.0 Å². The van der Waals surface area contributed by atoms with Crippen molar-refractivity contribution in [2.24, 2.45) is 5.92 Å². The molecule has 2 aliphatic rings. The lowest BCUT2D eigenvalue weighted by atomic mass is 9.88. The van der Waals surface area contributed by atoms with Crippen LogP contribution in [0.15, 0.2) is 54.6 Å². The van der Waals surface area contributed by atoms with Crippen molar-refractivity contribution < 1.29 is 9.47 Å². The zero-order chi connectivity index (χ0) is 18.1. The summed E-state index contributed by atoms with van der Waals surface area (Å²) in [6, 6.07) is 19.2. The number of aromatic nitrogens is 3. The maximum Gasteiger partial charge on any atom is 0.157 e. The second-order valence-corrected chi connectivity index (χ2v) is 7.24. The molecule has 27 heavy (non-hydrogen) atoms. The molecule has 0 bridgehead atoms. The van der Waals surface area contributed by atoms with Crippen LogP contribution in [-0.4, -0.2) is 52.8 Å². The Morgan fingerprint density at radius 3 is 2.56 bits per heavy atom. The molecule has 5 rings (SSSR count). The first-order valence-corrected chi connectivity index (χ1v) is 9.70. The third kappa shape index (κ3) is 3.14. The van der Waals surface area contributed by atoms with Gasteiger partial charge in [0.1, 0.15) is 5.52 Å². The van der Waals surface area contributed by atoms with Crippen molar-refractivity contribution in [1.29, 1.82) is 0 Å². The molecule has 1 aromatic heterocycles. The van der Waals surface area contributed by atoms with Crippen LogP contribution in [0.2, 0.25) is 0 Å². The fourth-order valence-electron chi connectivity index (χ4n) is 4.47. The molecule has 0 unspecified atom stereocenters. The number of nitrogens with zero attached hydrogens (tertiary/aromatic N) is 4. The highest BCUT2D eigenvalue weighted by molar-refractivity contribution is 5.73. The van der Waals surface area contributed by atoms with E-state index in [-0.39, 0.29) is 12.3 Å². The molecule has 0 N–H and O–H groups in total. The number of hydrogen-bond donors (Lipinski definition) is 0. The predicted octanol–water partition coefficient (Wildman–Crippen LogP) is 3.04. The predicted molar refractivity (Wildman–Crippen MR) is 102 cm³/mol. The Kier molecular flexibility index (Phi) is 4.61. The van der Waals surface area contributed by atoms with Crippen LogP contribution in [0.5, 0.6) is 0 Å². The van der Waals surface area contributed by atoms with Gasteiger partial charge in [0, 0.05) is 31.7 Å². The average molecular weight is 364 g/mol. The maximum atomic E-state index is 6.21. The molecular formula is C21H24N4O2. The lowest BCUT2D eigenvalue weighted by Gasteiger charge is -2.39. The molecule has 2 aliphatic heterocycles. The molecule has 0 aliphatic carbocycles. The van der Waals surface area contributed by atoms with Crippen LogP contribution < -0.4 is 0 Å². The maximum absolute atomic E-state index is 6.21. The fraction of sp³-hybridized carbons (Fsp3) is 0.429. The van der Waals surface area contributed by atoms with Gasteiger partial charge in [-0.1, -0.05) is 47.7 Å². The van der Waals surface area contributed by atoms with E-state index < -0.39 is 0 Å². The van der Waals surface area contributed by atoms with Gasteiger partial charge in [-0.25, -0.2) is 4.68 Å². The third-order valence-electron chi connectivity index (χ3n) is 5.71. The van der Waals surface area contributed by atoms with Crippen LogP contribution >= 0.6 is 0 Å². The summed E-state index contributed by atoms with van der Waals surface area (Å²) in [5.41, 5.74) is 3.28. The minimum atomic E-state index is -0.106. The molecule has 2 aromatic carbocycles. The van der Waals surface area contributed by atoms with E-state index in [4.69, 9.17) is 9.47 Å². The summed E-state index contributed by atoms with van der Waals surface area (Å²) in [5, 5.41) is 8.79. The van der Waals surface area contributed by atoms with E-state index in [1.165, 1.54) is 5.56 Å². The minimum absolute atomic E-state index is 0.106. The molecule has 3 atom stereocenters. The second-order valence-electron chi connectivity index (χ2n) is 7.24. The Labute approximate surface area is 158 Å². The number of morpholine rings is 1. The van der Waals surface area contributed by atoms with Gasteiger partial charge in [0.2, 0.25) is 0 Å². The Hall–Kier alpha value is -2.28. The van der Waals surface area contributed by atoms with Crippen molar-refractivity contribution in [1.82, 2.24) is 19.9 Å². The van der Waals surface area contributed by atoms with Gasteiger partial charge in [0.05, 0.1) is 18.7 Å². The lowest BCUT2D eigenvalue weighted by molar-refractivity contribution is -0.0344. The lowest BCUT2D eigenvalue weighted by Crippen LogP contribution is -2.43. The van der Waals surface area contributed by atoms with E-state index in [0.717, 1.165) is 50.4 Å². The zero-order valence-corrected chi connectivity index (χ0v) is 15.3.